The maximum absolute atomic E-state index is 3.96. The van der Waals surface area contributed by atoms with Gasteiger partial charge in [0.1, 0.15) is 0 Å². The molecule has 1 aliphatic rings. The predicted molar refractivity (Wildman–Crippen MR) is 44.1 cm³/mol. The van der Waals surface area contributed by atoms with E-state index in [0.717, 1.165) is 19.6 Å². The third kappa shape index (κ3) is 1.82. The molecule has 1 rings (SSSR count). The number of rotatable bonds is 3. The molecule has 0 aromatic heterocycles. The van der Waals surface area contributed by atoms with Crippen LogP contribution in [0.5, 0.6) is 0 Å². The van der Waals surface area contributed by atoms with Crippen LogP contribution in [-0.4, -0.2) is 25.7 Å². The standard InChI is InChI=1S/C8H16N2/c1-3-4-10-8-6-9-5-7(8)2/h8-10H,2-6H2,1H3. The smallest absolute Gasteiger partial charge is 0.0415 e. The number of nitrogens with one attached hydrogen (secondary N) is 2. The molecule has 0 aliphatic carbocycles. The van der Waals surface area contributed by atoms with Crippen LogP contribution in [0.1, 0.15) is 13.3 Å². The van der Waals surface area contributed by atoms with Gasteiger partial charge in [-0.05, 0) is 18.5 Å². The SMILES string of the molecule is C=C1CNCC1NCCC. The fourth-order valence-electron chi connectivity index (χ4n) is 1.18. The van der Waals surface area contributed by atoms with Gasteiger partial charge in [0.05, 0.1) is 0 Å². The molecule has 0 aromatic carbocycles. The molecule has 0 aromatic rings. The van der Waals surface area contributed by atoms with Crippen LogP contribution >= 0.6 is 0 Å². The van der Waals surface area contributed by atoms with Gasteiger partial charge in [-0.2, -0.15) is 0 Å². The summed E-state index contributed by atoms with van der Waals surface area (Å²) in [4.78, 5) is 0. The molecule has 0 spiro atoms. The van der Waals surface area contributed by atoms with Gasteiger partial charge in [0.15, 0.2) is 0 Å². The lowest BCUT2D eigenvalue weighted by Gasteiger charge is -2.10. The van der Waals surface area contributed by atoms with Crippen LogP contribution in [0.15, 0.2) is 12.2 Å². The zero-order valence-corrected chi connectivity index (χ0v) is 6.61. The summed E-state index contributed by atoms with van der Waals surface area (Å²) in [7, 11) is 0. The molecule has 58 valence electrons. The Morgan fingerprint density at radius 2 is 2.60 bits per heavy atom. The predicted octanol–water partition coefficient (Wildman–Crippen LogP) is 0.514. The minimum atomic E-state index is 0.528. The van der Waals surface area contributed by atoms with Gasteiger partial charge in [-0.15, -0.1) is 0 Å². The highest BCUT2D eigenvalue weighted by Crippen LogP contribution is 2.03. The molecule has 10 heavy (non-hydrogen) atoms. The Bertz CT molecular complexity index is 120. The quantitative estimate of drug-likeness (QED) is 0.558. The summed E-state index contributed by atoms with van der Waals surface area (Å²) in [6.45, 7) is 9.29. The van der Waals surface area contributed by atoms with Crippen LogP contribution < -0.4 is 10.6 Å². The Morgan fingerprint density at radius 3 is 3.10 bits per heavy atom. The van der Waals surface area contributed by atoms with Gasteiger partial charge >= 0.3 is 0 Å². The van der Waals surface area contributed by atoms with E-state index in [9.17, 15) is 0 Å². The van der Waals surface area contributed by atoms with E-state index >= 15 is 0 Å². The zero-order chi connectivity index (χ0) is 7.40. The van der Waals surface area contributed by atoms with E-state index in [1.165, 1.54) is 12.0 Å². The summed E-state index contributed by atoms with van der Waals surface area (Å²) in [5.74, 6) is 0. The van der Waals surface area contributed by atoms with E-state index in [2.05, 4.69) is 24.1 Å². The van der Waals surface area contributed by atoms with E-state index in [1.807, 2.05) is 0 Å². The van der Waals surface area contributed by atoms with Gasteiger partial charge in [0.2, 0.25) is 0 Å². The third-order valence-corrected chi connectivity index (χ3v) is 1.83. The van der Waals surface area contributed by atoms with Gasteiger partial charge in [-0.3, -0.25) is 0 Å². The van der Waals surface area contributed by atoms with Crippen molar-refractivity contribution in [1.29, 1.82) is 0 Å². The lowest BCUT2D eigenvalue weighted by atomic mass is 10.2. The highest BCUT2D eigenvalue weighted by Gasteiger charge is 2.16. The van der Waals surface area contributed by atoms with Gasteiger partial charge < -0.3 is 10.6 Å². The van der Waals surface area contributed by atoms with Crippen molar-refractivity contribution in [2.75, 3.05) is 19.6 Å². The molecular formula is C8H16N2. The third-order valence-electron chi connectivity index (χ3n) is 1.83. The van der Waals surface area contributed by atoms with E-state index in [-0.39, 0.29) is 0 Å². The van der Waals surface area contributed by atoms with Crippen molar-refractivity contribution in [1.82, 2.24) is 10.6 Å². The van der Waals surface area contributed by atoms with Crippen molar-refractivity contribution < 1.29 is 0 Å². The molecular weight excluding hydrogens is 124 g/mol. The molecule has 1 unspecified atom stereocenters. The van der Waals surface area contributed by atoms with E-state index in [1.54, 1.807) is 0 Å². The first-order valence-corrected chi connectivity index (χ1v) is 3.96. The fraction of sp³-hybridized carbons (Fsp3) is 0.750. The van der Waals surface area contributed by atoms with Crippen molar-refractivity contribution in [3.8, 4) is 0 Å². The zero-order valence-electron chi connectivity index (χ0n) is 6.61. The Balaban J connectivity index is 2.20. The van der Waals surface area contributed by atoms with Gasteiger partial charge in [-0.25, -0.2) is 0 Å². The van der Waals surface area contributed by atoms with E-state index in [0.29, 0.717) is 6.04 Å². The summed E-state index contributed by atoms with van der Waals surface area (Å²) < 4.78 is 0. The topological polar surface area (TPSA) is 24.1 Å². The van der Waals surface area contributed by atoms with Crippen molar-refractivity contribution in [3.05, 3.63) is 12.2 Å². The Kier molecular flexibility index (Phi) is 2.90. The van der Waals surface area contributed by atoms with Crippen LogP contribution in [0, 0.1) is 0 Å². The normalized spacial score (nSPS) is 25.7. The van der Waals surface area contributed by atoms with E-state index in [4.69, 9.17) is 0 Å². The summed E-state index contributed by atoms with van der Waals surface area (Å²) >= 11 is 0. The fourth-order valence-corrected chi connectivity index (χ4v) is 1.18. The molecule has 2 nitrogen and oxygen atoms in total. The van der Waals surface area contributed by atoms with Gasteiger partial charge in [0, 0.05) is 19.1 Å². The lowest BCUT2D eigenvalue weighted by molar-refractivity contribution is 0.591. The van der Waals surface area contributed by atoms with Crippen LogP contribution in [0.25, 0.3) is 0 Å². The molecule has 1 atom stereocenters. The van der Waals surface area contributed by atoms with Gasteiger partial charge in [-0.1, -0.05) is 13.5 Å². The maximum atomic E-state index is 3.96. The van der Waals surface area contributed by atoms with E-state index < -0.39 is 0 Å². The van der Waals surface area contributed by atoms with Crippen LogP contribution in [-0.2, 0) is 0 Å². The first-order chi connectivity index (χ1) is 4.84. The van der Waals surface area contributed by atoms with Crippen molar-refractivity contribution in [2.24, 2.45) is 0 Å². The maximum Gasteiger partial charge on any atom is 0.0415 e. The largest absolute Gasteiger partial charge is 0.311 e. The second-order valence-corrected chi connectivity index (χ2v) is 2.80. The summed E-state index contributed by atoms with van der Waals surface area (Å²) in [6.07, 6.45) is 1.20. The molecule has 2 heteroatoms. The first-order valence-electron chi connectivity index (χ1n) is 3.96. The number of hydrogen-bond donors (Lipinski definition) is 2. The second kappa shape index (κ2) is 3.74. The molecule has 0 amide bonds. The highest BCUT2D eigenvalue weighted by molar-refractivity contribution is 5.13. The summed E-state index contributed by atoms with van der Waals surface area (Å²) in [6, 6.07) is 0.528. The van der Waals surface area contributed by atoms with Crippen LogP contribution in [0.3, 0.4) is 0 Å². The lowest BCUT2D eigenvalue weighted by Crippen LogP contribution is -2.32. The van der Waals surface area contributed by atoms with Crippen molar-refractivity contribution in [2.45, 2.75) is 19.4 Å². The minimum absolute atomic E-state index is 0.528. The summed E-state index contributed by atoms with van der Waals surface area (Å²) in [5.41, 5.74) is 1.30. The molecule has 1 aliphatic heterocycles. The van der Waals surface area contributed by atoms with Crippen molar-refractivity contribution >= 4 is 0 Å². The molecule has 1 saturated heterocycles. The molecule has 0 radical (unpaired) electrons. The van der Waals surface area contributed by atoms with Crippen LogP contribution in [0.4, 0.5) is 0 Å². The Hall–Kier alpha value is -0.340. The highest BCUT2D eigenvalue weighted by atomic mass is 15.0. The summed E-state index contributed by atoms with van der Waals surface area (Å²) in [5, 5.41) is 6.69. The minimum Gasteiger partial charge on any atom is -0.311 e. The molecule has 1 heterocycles. The number of hydrogen-bond acceptors (Lipinski definition) is 2. The molecule has 0 bridgehead atoms. The first kappa shape index (κ1) is 7.76. The Morgan fingerprint density at radius 1 is 1.80 bits per heavy atom. The molecule has 1 fully saturated rings. The second-order valence-electron chi connectivity index (χ2n) is 2.80. The van der Waals surface area contributed by atoms with Gasteiger partial charge in [0.25, 0.3) is 0 Å². The van der Waals surface area contributed by atoms with Crippen LogP contribution in [0.2, 0.25) is 0 Å². The Labute approximate surface area is 62.7 Å². The van der Waals surface area contributed by atoms with Crippen molar-refractivity contribution in [3.63, 3.8) is 0 Å². The monoisotopic (exact) mass is 140 g/mol. The molecule has 0 saturated carbocycles. The molecule has 2 N–H and O–H groups in total. The average molecular weight is 140 g/mol. The average Bonchev–Trinajstić information content (AvgIpc) is 2.31.